The average molecular weight is 444 g/mol. The van der Waals surface area contributed by atoms with E-state index < -0.39 is 23.3 Å². The molecule has 0 fully saturated rings. The minimum Gasteiger partial charge on any atom is -0.394 e. The summed E-state index contributed by atoms with van der Waals surface area (Å²) in [6, 6.07) is 10.3. The predicted octanol–water partition coefficient (Wildman–Crippen LogP) is 4.70. The van der Waals surface area contributed by atoms with E-state index >= 15 is 0 Å². The van der Waals surface area contributed by atoms with Crippen LogP contribution in [0.3, 0.4) is 0 Å². The topological polar surface area (TPSA) is 67.2 Å². The highest BCUT2D eigenvalue weighted by Crippen LogP contribution is 2.30. The van der Waals surface area contributed by atoms with Gasteiger partial charge < -0.3 is 10.4 Å². The number of benzene rings is 2. The maximum absolute atomic E-state index is 12.9. The molecule has 2 aromatic carbocycles. The van der Waals surface area contributed by atoms with Crippen LogP contribution in [0.15, 0.2) is 59.5 Å². The molecule has 0 aliphatic heterocycles. The monoisotopic (exact) mass is 443 g/mol. The predicted molar refractivity (Wildman–Crippen MR) is 105 cm³/mol. The molecule has 1 aromatic heterocycles. The van der Waals surface area contributed by atoms with Gasteiger partial charge in [0.25, 0.3) is 5.56 Å². The number of nitrogens with zero attached hydrogens (tertiary/aromatic N) is 2. The van der Waals surface area contributed by atoms with Gasteiger partial charge in [0.1, 0.15) is 5.02 Å². The molecule has 29 heavy (non-hydrogen) atoms. The summed E-state index contributed by atoms with van der Waals surface area (Å²) in [5.41, 5.74) is -0.965. The first kappa shape index (κ1) is 21.2. The lowest BCUT2D eigenvalue weighted by atomic mass is 10.1. The maximum atomic E-state index is 12.9. The van der Waals surface area contributed by atoms with Crippen molar-refractivity contribution < 1.29 is 18.3 Å². The van der Waals surface area contributed by atoms with Gasteiger partial charge >= 0.3 is 6.18 Å². The van der Waals surface area contributed by atoms with Gasteiger partial charge in [-0.05, 0) is 35.9 Å². The third-order valence-corrected chi connectivity index (χ3v) is 4.74. The van der Waals surface area contributed by atoms with Crippen LogP contribution in [0.5, 0.6) is 0 Å². The average Bonchev–Trinajstić information content (AvgIpc) is 2.69. The highest BCUT2D eigenvalue weighted by Gasteiger charge is 2.30. The van der Waals surface area contributed by atoms with Gasteiger partial charge in [0, 0.05) is 5.02 Å². The number of alkyl halides is 3. The van der Waals surface area contributed by atoms with Crippen molar-refractivity contribution in [1.29, 1.82) is 0 Å². The number of rotatable bonds is 5. The number of halogens is 5. The van der Waals surface area contributed by atoms with Gasteiger partial charge in [-0.2, -0.15) is 23.0 Å². The molecule has 1 heterocycles. The van der Waals surface area contributed by atoms with Gasteiger partial charge in [-0.15, -0.1) is 0 Å². The van der Waals surface area contributed by atoms with Crippen molar-refractivity contribution in [3.8, 4) is 5.69 Å². The second-order valence-corrected chi connectivity index (χ2v) is 6.88. The molecule has 2 N–H and O–H groups in total. The molecule has 0 radical (unpaired) electrons. The van der Waals surface area contributed by atoms with E-state index in [-0.39, 0.29) is 23.0 Å². The molecule has 1 atom stereocenters. The lowest BCUT2D eigenvalue weighted by Crippen LogP contribution is -2.24. The summed E-state index contributed by atoms with van der Waals surface area (Å²) in [5.74, 6) is 0. The van der Waals surface area contributed by atoms with Crippen molar-refractivity contribution in [3.05, 3.63) is 86.3 Å². The number of hydrogen-bond acceptors (Lipinski definition) is 4. The van der Waals surface area contributed by atoms with Crippen LogP contribution in [-0.4, -0.2) is 21.5 Å². The Morgan fingerprint density at radius 3 is 2.45 bits per heavy atom. The second kappa shape index (κ2) is 8.44. The van der Waals surface area contributed by atoms with E-state index in [1.165, 1.54) is 18.3 Å². The summed E-state index contributed by atoms with van der Waals surface area (Å²) in [6.07, 6.45) is -3.35. The first-order chi connectivity index (χ1) is 13.7. The third kappa shape index (κ3) is 4.72. The summed E-state index contributed by atoms with van der Waals surface area (Å²) in [6.45, 7) is -0.311. The van der Waals surface area contributed by atoms with Crippen molar-refractivity contribution in [2.24, 2.45) is 0 Å². The van der Waals surface area contributed by atoms with Crippen LogP contribution in [-0.2, 0) is 6.18 Å². The molecule has 0 bridgehead atoms. The van der Waals surface area contributed by atoms with E-state index in [9.17, 15) is 23.1 Å². The molecule has 1 unspecified atom stereocenters. The van der Waals surface area contributed by atoms with Crippen molar-refractivity contribution in [2.75, 3.05) is 11.9 Å². The molecule has 0 spiro atoms. The molecular weight excluding hydrogens is 430 g/mol. The standard InChI is InChI=1S/C19H14Cl2F3N3O2/c20-13-6-4-11(5-7-13)16(10-28)26-15-9-25-27(18(29)17(15)21)14-3-1-2-12(8-14)19(22,23)24/h1-9,16,26,28H,10H2. The Morgan fingerprint density at radius 1 is 1.14 bits per heavy atom. The van der Waals surface area contributed by atoms with E-state index in [4.69, 9.17) is 23.2 Å². The highest BCUT2D eigenvalue weighted by atomic mass is 35.5. The summed E-state index contributed by atoms with van der Waals surface area (Å²) in [7, 11) is 0. The van der Waals surface area contributed by atoms with Crippen LogP contribution < -0.4 is 10.9 Å². The van der Waals surface area contributed by atoms with Crippen LogP contribution in [0.1, 0.15) is 17.2 Å². The molecule has 3 rings (SSSR count). The van der Waals surface area contributed by atoms with Crippen LogP contribution in [0.2, 0.25) is 10.0 Å². The number of nitrogens with one attached hydrogen (secondary N) is 1. The maximum Gasteiger partial charge on any atom is 0.416 e. The van der Waals surface area contributed by atoms with E-state index in [2.05, 4.69) is 10.4 Å². The summed E-state index contributed by atoms with van der Waals surface area (Å²) in [5, 5.41) is 16.7. The lowest BCUT2D eigenvalue weighted by molar-refractivity contribution is -0.137. The largest absolute Gasteiger partial charge is 0.416 e. The first-order valence-corrected chi connectivity index (χ1v) is 9.04. The number of aromatic nitrogens is 2. The van der Waals surface area contributed by atoms with E-state index in [0.717, 1.165) is 16.8 Å². The summed E-state index contributed by atoms with van der Waals surface area (Å²) >= 11 is 12.0. The van der Waals surface area contributed by atoms with Gasteiger partial charge in [0.15, 0.2) is 0 Å². The normalized spacial score (nSPS) is 12.6. The molecule has 152 valence electrons. The molecule has 0 aliphatic rings. The fraction of sp³-hybridized carbons (Fsp3) is 0.158. The molecule has 10 heteroatoms. The molecule has 0 saturated heterocycles. The number of hydrogen-bond donors (Lipinski definition) is 2. The molecule has 5 nitrogen and oxygen atoms in total. The van der Waals surface area contributed by atoms with Crippen LogP contribution in [0.25, 0.3) is 5.69 Å². The van der Waals surface area contributed by atoms with E-state index in [1.54, 1.807) is 24.3 Å². The Kier molecular flexibility index (Phi) is 6.16. The van der Waals surface area contributed by atoms with Gasteiger partial charge in [0.05, 0.1) is 35.8 Å². The van der Waals surface area contributed by atoms with Crippen LogP contribution in [0.4, 0.5) is 18.9 Å². The third-order valence-electron chi connectivity index (χ3n) is 4.12. The van der Waals surface area contributed by atoms with Crippen molar-refractivity contribution in [2.45, 2.75) is 12.2 Å². The highest BCUT2D eigenvalue weighted by molar-refractivity contribution is 6.33. The molecule has 0 saturated carbocycles. The van der Waals surface area contributed by atoms with Gasteiger partial charge in [-0.3, -0.25) is 4.79 Å². The number of aliphatic hydroxyl groups excluding tert-OH is 1. The quantitative estimate of drug-likeness (QED) is 0.599. The van der Waals surface area contributed by atoms with Crippen molar-refractivity contribution in [3.63, 3.8) is 0 Å². The first-order valence-electron chi connectivity index (χ1n) is 8.29. The smallest absolute Gasteiger partial charge is 0.394 e. The second-order valence-electron chi connectivity index (χ2n) is 6.07. The Hall–Kier alpha value is -2.55. The Labute approximate surface area is 173 Å². The van der Waals surface area contributed by atoms with E-state index in [1.807, 2.05) is 0 Å². The summed E-state index contributed by atoms with van der Waals surface area (Å²) in [4.78, 5) is 12.6. The van der Waals surface area contributed by atoms with Crippen LogP contribution in [0, 0.1) is 0 Å². The molecule has 0 amide bonds. The van der Waals surface area contributed by atoms with Crippen LogP contribution >= 0.6 is 23.2 Å². The molecular formula is C19H14Cl2F3N3O2. The Bertz CT molecular complexity index is 1070. The SMILES string of the molecule is O=c1c(Cl)c(NC(CO)c2ccc(Cl)cc2)cnn1-c1cccc(C(F)(F)F)c1. The fourth-order valence-electron chi connectivity index (χ4n) is 2.65. The minimum atomic E-state index is -4.56. The number of anilines is 1. The Morgan fingerprint density at radius 2 is 1.83 bits per heavy atom. The summed E-state index contributed by atoms with van der Waals surface area (Å²) < 4.78 is 39.5. The van der Waals surface area contributed by atoms with Crippen molar-refractivity contribution >= 4 is 28.9 Å². The van der Waals surface area contributed by atoms with Gasteiger partial charge in [-0.25, -0.2) is 0 Å². The fourth-order valence-corrected chi connectivity index (χ4v) is 2.96. The zero-order valence-electron chi connectivity index (χ0n) is 14.6. The zero-order chi connectivity index (χ0) is 21.2. The molecule has 0 aliphatic carbocycles. The lowest BCUT2D eigenvalue weighted by Gasteiger charge is -2.19. The van der Waals surface area contributed by atoms with E-state index in [0.29, 0.717) is 10.6 Å². The number of aliphatic hydroxyl groups is 1. The minimum absolute atomic E-state index is 0.0744. The van der Waals surface area contributed by atoms with Crippen molar-refractivity contribution in [1.82, 2.24) is 9.78 Å². The van der Waals surface area contributed by atoms with Gasteiger partial charge in [-0.1, -0.05) is 41.4 Å². The Balaban J connectivity index is 1.94. The zero-order valence-corrected chi connectivity index (χ0v) is 16.1. The molecule has 3 aromatic rings. The van der Waals surface area contributed by atoms with Gasteiger partial charge in [0.2, 0.25) is 0 Å².